The maximum atomic E-state index is 5.59. The lowest BCUT2D eigenvalue weighted by atomic mass is 10.1. The molecular weight excluding hydrogens is 224 g/mol. The summed E-state index contributed by atoms with van der Waals surface area (Å²) in [4.78, 5) is 8.54. The van der Waals surface area contributed by atoms with Crippen molar-refractivity contribution in [3.05, 3.63) is 54.0 Å². The second kappa shape index (κ2) is 6.15. The molecule has 0 aliphatic rings. The maximum Gasteiger partial charge on any atom is 0.213 e. The molecule has 2 aromatic rings. The fraction of sp³-hybridized carbons (Fsp3) is 0.333. The minimum Gasteiger partial charge on any atom is -0.477 e. The molecule has 18 heavy (non-hydrogen) atoms. The standard InChI is InChI=1S/C15H18N2O/c1-12(2)13-6-7-15(17-11-13)18-10-8-14-5-3-4-9-16-14/h3-7,9,11-12H,8,10H2,1-2H3. The molecule has 0 radical (unpaired) electrons. The number of hydrogen-bond acceptors (Lipinski definition) is 3. The van der Waals surface area contributed by atoms with E-state index in [-0.39, 0.29) is 0 Å². The molecule has 0 aliphatic carbocycles. The van der Waals surface area contributed by atoms with E-state index in [1.807, 2.05) is 30.5 Å². The first-order chi connectivity index (χ1) is 8.75. The van der Waals surface area contributed by atoms with Crippen LogP contribution in [0.3, 0.4) is 0 Å². The van der Waals surface area contributed by atoms with Crippen LogP contribution >= 0.6 is 0 Å². The van der Waals surface area contributed by atoms with Gasteiger partial charge >= 0.3 is 0 Å². The fourth-order valence-corrected chi connectivity index (χ4v) is 1.62. The summed E-state index contributed by atoms with van der Waals surface area (Å²) >= 11 is 0. The summed E-state index contributed by atoms with van der Waals surface area (Å²) in [5.41, 5.74) is 2.27. The third-order valence-corrected chi connectivity index (χ3v) is 2.76. The predicted molar refractivity (Wildman–Crippen MR) is 71.8 cm³/mol. The van der Waals surface area contributed by atoms with Crippen molar-refractivity contribution in [2.24, 2.45) is 0 Å². The van der Waals surface area contributed by atoms with E-state index >= 15 is 0 Å². The van der Waals surface area contributed by atoms with Gasteiger partial charge in [0.15, 0.2) is 0 Å². The normalized spacial score (nSPS) is 10.6. The molecule has 0 N–H and O–H groups in total. The minimum absolute atomic E-state index is 0.500. The van der Waals surface area contributed by atoms with Gasteiger partial charge in [-0.05, 0) is 23.6 Å². The van der Waals surface area contributed by atoms with E-state index in [9.17, 15) is 0 Å². The Morgan fingerprint density at radius 2 is 2.00 bits per heavy atom. The number of hydrogen-bond donors (Lipinski definition) is 0. The van der Waals surface area contributed by atoms with Gasteiger partial charge in [0.05, 0.1) is 6.61 Å². The highest BCUT2D eigenvalue weighted by molar-refractivity contribution is 5.20. The van der Waals surface area contributed by atoms with Crippen LogP contribution in [0.15, 0.2) is 42.7 Å². The summed E-state index contributed by atoms with van der Waals surface area (Å²) in [5.74, 6) is 1.18. The van der Waals surface area contributed by atoms with Gasteiger partial charge in [0, 0.05) is 30.6 Å². The highest BCUT2D eigenvalue weighted by atomic mass is 16.5. The molecule has 0 fully saturated rings. The number of ether oxygens (including phenoxy) is 1. The van der Waals surface area contributed by atoms with Gasteiger partial charge in [-0.1, -0.05) is 26.0 Å². The maximum absolute atomic E-state index is 5.59. The second-order valence-electron chi connectivity index (χ2n) is 4.50. The molecule has 0 saturated carbocycles. The molecule has 2 heterocycles. The Hall–Kier alpha value is -1.90. The summed E-state index contributed by atoms with van der Waals surface area (Å²) in [7, 11) is 0. The average Bonchev–Trinajstić information content (AvgIpc) is 2.40. The molecule has 0 aliphatic heterocycles. The molecule has 0 amide bonds. The Bertz CT molecular complexity index is 466. The molecule has 2 aromatic heterocycles. The lowest BCUT2D eigenvalue weighted by Gasteiger charge is -2.07. The van der Waals surface area contributed by atoms with Gasteiger partial charge in [0.1, 0.15) is 0 Å². The zero-order chi connectivity index (χ0) is 12.8. The zero-order valence-corrected chi connectivity index (χ0v) is 10.8. The first kappa shape index (κ1) is 12.6. The van der Waals surface area contributed by atoms with Gasteiger partial charge in [-0.2, -0.15) is 0 Å². The first-order valence-corrected chi connectivity index (χ1v) is 6.24. The van der Waals surface area contributed by atoms with Crippen molar-refractivity contribution < 1.29 is 4.74 Å². The van der Waals surface area contributed by atoms with Crippen LogP contribution in [0.5, 0.6) is 5.88 Å². The fourth-order valence-electron chi connectivity index (χ4n) is 1.62. The summed E-state index contributed by atoms with van der Waals surface area (Å²) in [6.45, 7) is 4.91. The van der Waals surface area contributed by atoms with Crippen LogP contribution in [0.2, 0.25) is 0 Å². The molecule has 0 bridgehead atoms. The predicted octanol–water partition coefficient (Wildman–Crippen LogP) is 3.22. The molecule has 3 heteroatoms. The van der Waals surface area contributed by atoms with E-state index in [0.717, 1.165) is 12.1 Å². The second-order valence-corrected chi connectivity index (χ2v) is 4.50. The van der Waals surface area contributed by atoms with Crippen LogP contribution in [0.4, 0.5) is 0 Å². The van der Waals surface area contributed by atoms with Gasteiger partial charge < -0.3 is 4.74 Å². The molecule has 2 rings (SSSR count). The van der Waals surface area contributed by atoms with Gasteiger partial charge in [0.2, 0.25) is 5.88 Å². The van der Waals surface area contributed by atoms with Crippen LogP contribution in [0.1, 0.15) is 31.0 Å². The van der Waals surface area contributed by atoms with Crippen molar-refractivity contribution in [2.45, 2.75) is 26.2 Å². The molecule has 0 saturated heterocycles. The molecule has 0 spiro atoms. The molecule has 0 aromatic carbocycles. The van der Waals surface area contributed by atoms with Gasteiger partial charge in [-0.25, -0.2) is 4.98 Å². The minimum atomic E-state index is 0.500. The Labute approximate surface area is 108 Å². The van der Waals surface area contributed by atoms with Crippen molar-refractivity contribution in [2.75, 3.05) is 6.61 Å². The molecule has 0 unspecified atom stereocenters. The highest BCUT2D eigenvalue weighted by Gasteiger charge is 2.01. The Morgan fingerprint density at radius 3 is 2.61 bits per heavy atom. The number of nitrogens with zero attached hydrogens (tertiary/aromatic N) is 2. The number of rotatable bonds is 5. The van der Waals surface area contributed by atoms with Crippen molar-refractivity contribution in [1.29, 1.82) is 0 Å². The Kier molecular flexibility index (Phi) is 4.29. The van der Waals surface area contributed by atoms with E-state index < -0.39 is 0 Å². The molecule has 94 valence electrons. The topological polar surface area (TPSA) is 35.0 Å². The highest BCUT2D eigenvalue weighted by Crippen LogP contribution is 2.15. The van der Waals surface area contributed by atoms with E-state index in [2.05, 4.69) is 29.9 Å². The average molecular weight is 242 g/mol. The molecule has 0 atom stereocenters. The van der Waals surface area contributed by atoms with Crippen molar-refractivity contribution >= 4 is 0 Å². The van der Waals surface area contributed by atoms with Crippen molar-refractivity contribution in [1.82, 2.24) is 9.97 Å². The van der Waals surface area contributed by atoms with Gasteiger partial charge in [-0.3, -0.25) is 4.98 Å². The van der Waals surface area contributed by atoms with Gasteiger partial charge in [-0.15, -0.1) is 0 Å². The van der Waals surface area contributed by atoms with E-state index in [4.69, 9.17) is 4.74 Å². The van der Waals surface area contributed by atoms with Gasteiger partial charge in [0.25, 0.3) is 0 Å². The number of aromatic nitrogens is 2. The summed E-state index contributed by atoms with van der Waals surface area (Å²) < 4.78 is 5.59. The summed E-state index contributed by atoms with van der Waals surface area (Å²) in [6.07, 6.45) is 4.47. The van der Waals surface area contributed by atoms with Crippen LogP contribution in [-0.2, 0) is 6.42 Å². The van der Waals surface area contributed by atoms with Crippen LogP contribution in [0, 0.1) is 0 Å². The Morgan fingerprint density at radius 1 is 1.11 bits per heavy atom. The first-order valence-electron chi connectivity index (χ1n) is 6.24. The summed E-state index contributed by atoms with van der Waals surface area (Å²) in [5, 5.41) is 0. The summed E-state index contributed by atoms with van der Waals surface area (Å²) in [6, 6.07) is 9.88. The van der Waals surface area contributed by atoms with E-state index in [0.29, 0.717) is 18.4 Å². The van der Waals surface area contributed by atoms with Crippen molar-refractivity contribution in [3.8, 4) is 5.88 Å². The van der Waals surface area contributed by atoms with Crippen molar-refractivity contribution in [3.63, 3.8) is 0 Å². The third kappa shape index (κ3) is 3.55. The number of pyridine rings is 2. The van der Waals surface area contributed by atoms with Crippen LogP contribution < -0.4 is 4.74 Å². The largest absolute Gasteiger partial charge is 0.477 e. The van der Waals surface area contributed by atoms with E-state index in [1.54, 1.807) is 6.20 Å². The SMILES string of the molecule is CC(C)c1ccc(OCCc2ccccn2)nc1. The lowest BCUT2D eigenvalue weighted by Crippen LogP contribution is -2.04. The van der Waals surface area contributed by atoms with Crippen LogP contribution in [-0.4, -0.2) is 16.6 Å². The zero-order valence-electron chi connectivity index (χ0n) is 10.8. The van der Waals surface area contributed by atoms with Crippen LogP contribution in [0.25, 0.3) is 0 Å². The quantitative estimate of drug-likeness (QED) is 0.807. The lowest BCUT2D eigenvalue weighted by molar-refractivity contribution is 0.308. The Balaban J connectivity index is 1.83. The monoisotopic (exact) mass is 242 g/mol. The smallest absolute Gasteiger partial charge is 0.213 e. The van der Waals surface area contributed by atoms with E-state index in [1.165, 1.54) is 5.56 Å². The molecule has 3 nitrogen and oxygen atoms in total. The molecular formula is C15H18N2O. The third-order valence-electron chi connectivity index (χ3n) is 2.76.